The first-order valence-corrected chi connectivity index (χ1v) is 11.8. The number of hydrogen-bond donors (Lipinski definition) is 7. The Balaban J connectivity index is 3.13. The van der Waals surface area contributed by atoms with Crippen LogP contribution in [0.2, 0.25) is 0 Å². The van der Waals surface area contributed by atoms with Crippen molar-refractivity contribution in [2.24, 2.45) is 17.4 Å². The van der Waals surface area contributed by atoms with Crippen LogP contribution in [-0.2, 0) is 35.2 Å². The van der Waals surface area contributed by atoms with E-state index in [-0.39, 0.29) is 19.3 Å². The van der Waals surface area contributed by atoms with Crippen molar-refractivity contribution in [3.05, 3.63) is 35.9 Å². The number of carboxylic acid groups (broad SMARTS) is 2. The molecule has 1 rings (SSSR count). The first-order chi connectivity index (χ1) is 17.3. The molecule has 1 aromatic rings. The molecule has 4 amide bonds. The molecular formula is C24H35N5O8. The van der Waals surface area contributed by atoms with Gasteiger partial charge in [-0.1, -0.05) is 50.6 Å². The minimum atomic E-state index is -1.60. The molecule has 9 N–H and O–H groups in total. The van der Waals surface area contributed by atoms with Gasteiger partial charge in [-0.2, -0.15) is 0 Å². The van der Waals surface area contributed by atoms with Crippen LogP contribution in [0.3, 0.4) is 0 Å². The molecule has 0 fully saturated rings. The van der Waals surface area contributed by atoms with Gasteiger partial charge in [0.1, 0.15) is 18.1 Å². The van der Waals surface area contributed by atoms with E-state index in [0.29, 0.717) is 12.0 Å². The van der Waals surface area contributed by atoms with Crippen LogP contribution >= 0.6 is 0 Å². The Bertz CT molecular complexity index is 971. The van der Waals surface area contributed by atoms with E-state index in [1.165, 1.54) is 0 Å². The summed E-state index contributed by atoms with van der Waals surface area (Å²) in [6, 6.07) is 3.49. The lowest BCUT2D eigenvalue weighted by Crippen LogP contribution is -2.59. The van der Waals surface area contributed by atoms with Gasteiger partial charge in [0.05, 0.1) is 12.5 Å². The number of nitrogens with two attached hydrogens (primary N) is 2. The summed E-state index contributed by atoms with van der Waals surface area (Å²) in [6.45, 7) is 3.49. The molecule has 1 aromatic carbocycles. The monoisotopic (exact) mass is 521 g/mol. The van der Waals surface area contributed by atoms with E-state index in [2.05, 4.69) is 16.0 Å². The molecule has 0 aliphatic heterocycles. The van der Waals surface area contributed by atoms with Crippen LogP contribution in [-0.4, -0.2) is 69.9 Å². The molecule has 0 heterocycles. The van der Waals surface area contributed by atoms with E-state index >= 15 is 0 Å². The number of rotatable bonds is 16. The summed E-state index contributed by atoms with van der Waals surface area (Å²) in [6.07, 6.45) is -0.652. The fourth-order valence-corrected chi connectivity index (χ4v) is 3.37. The second-order valence-corrected chi connectivity index (χ2v) is 8.73. The highest BCUT2D eigenvalue weighted by Crippen LogP contribution is 2.11. The Hall–Kier alpha value is -4.00. The molecule has 37 heavy (non-hydrogen) atoms. The maximum Gasteiger partial charge on any atom is 0.326 e. The number of carbonyl (C=O) groups is 6. The van der Waals surface area contributed by atoms with E-state index < -0.39 is 72.1 Å². The largest absolute Gasteiger partial charge is 0.481 e. The third kappa shape index (κ3) is 11.1. The number of amides is 4. The zero-order valence-electron chi connectivity index (χ0n) is 20.8. The van der Waals surface area contributed by atoms with Gasteiger partial charge in [-0.15, -0.1) is 0 Å². The van der Waals surface area contributed by atoms with Crippen molar-refractivity contribution in [3.63, 3.8) is 0 Å². The number of aliphatic carboxylic acids is 2. The van der Waals surface area contributed by atoms with Gasteiger partial charge in [0, 0.05) is 12.8 Å². The quantitative estimate of drug-likeness (QED) is 0.139. The van der Waals surface area contributed by atoms with Crippen molar-refractivity contribution >= 4 is 35.6 Å². The highest BCUT2D eigenvalue weighted by molar-refractivity contribution is 5.95. The van der Waals surface area contributed by atoms with E-state index in [0.717, 1.165) is 0 Å². The zero-order chi connectivity index (χ0) is 28.1. The van der Waals surface area contributed by atoms with Crippen LogP contribution < -0.4 is 27.4 Å². The predicted octanol–water partition coefficient (Wildman–Crippen LogP) is -1.12. The van der Waals surface area contributed by atoms with E-state index in [1.807, 2.05) is 0 Å². The average molecular weight is 522 g/mol. The summed E-state index contributed by atoms with van der Waals surface area (Å²) in [7, 11) is 0. The first kappa shape index (κ1) is 31.0. The van der Waals surface area contributed by atoms with E-state index in [4.69, 9.17) is 16.6 Å². The highest BCUT2D eigenvalue weighted by atomic mass is 16.4. The molecule has 0 aromatic heterocycles. The maximum absolute atomic E-state index is 13.2. The summed E-state index contributed by atoms with van der Waals surface area (Å²) in [5, 5.41) is 25.5. The number of carboxylic acids is 2. The summed E-state index contributed by atoms with van der Waals surface area (Å²) in [5.74, 6) is -6.22. The van der Waals surface area contributed by atoms with Crippen LogP contribution in [0.1, 0.15) is 45.1 Å². The van der Waals surface area contributed by atoms with Crippen molar-refractivity contribution in [2.45, 2.75) is 70.1 Å². The first-order valence-electron chi connectivity index (χ1n) is 11.8. The van der Waals surface area contributed by atoms with Crippen molar-refractivity contribution in [1.82, 2.24) is 16.0 Å². The van der Waals surface area contributed by atoms with Crippen LogP contribution in [0.25, 0.3) is 0 Å². The second-order valence-electron chi connectivity index (χ2n) is 8.73. The van der Waals surface area contributed by atoms with Gasteiger partial charge >= 0.3 is 11.9 Å². The van der Waals surface area contributed by atoms with Gasteiger partial charge in [0.15, 0.2) is 0 Å². The molecule has 5 atom stereocenters. The van der Waals surface area contributed by atoms with Crippen molar-refractivity contribution in [3.8, 4) is 0 Å². The summed E-state index contributed by atoms with van der Waals surface area (Å²) >= 11 is 0. The molecule has 0 aliphatic carbocycles. The normalized spacial score (nSPS) is 14.8. The van der Waals surface area contributed by atoms with Crippen molar-refractivity contribution in [2.75, 3.05) is 0 Å². The van der Waals surface area contributed by atoms with Gasteiger partial charge in [0.25, 0.3) is 0 Å². The van der Waals surface area contributed by atoms with Gasteiger partial charge in [0.2, 0.25) is 23.6 Å². The van der Waals surface area contributed by atoms with Crippen molar-refractivity contribution < 1.29 is 39.0 Å². The van der Waals surface area contributed by atoms with E-state index in [9.17, 15) is 33.9 Å². The highest BCUT2D eigenvalue weighted by Gasteiger charge is 2.33. The lowest BCUT2D eigenvalue weighted by atomic mass is 9.96. The number of primary amides is 1. The lowest BCUT2D eigenvalue weighted by molar-refractivity contribution is -0.143. The molecule has 0 saturated carbocycles. The molecule has 0 aliphatic rings. The van der Waals surface area contributed by atoms with Gasteiger partial charge in [-0.05, 0) is 17.9 Å². The summed E-state index contributed by atoms with van der Waals surface area (Å²) in [5.41, 5.74) is 11.5. The summed E-state index contributed by atoms with van der Waals surface area (Å²) in [4.78, 5) is 72.3. The van der Waals surface area contributed by atoms with Crippen LogP contribution in [0.4, 0.5) is 0 Å². The fraction of sp³-hybridized carbons (Fsp3) is 0.500. The molecule has 0 radical (unpaired) electrons. The molecule has 204 valence electrons. The van der Waals surface area contributed by atoms with Crippen LogP contribution in [0, 0.1) is 5.92 Å². The Kier molecular flexibility index (Phi) is 12.7. The number of carbonyl (C=O) groups excluding carboxylic acids is 4. The predicted molar refractivity (Wildman–Crippen MR) is 132 cm³/mol. The SMILES string of the molecule is CCC(C)C(NC(=O)C(N)CCC(=O)O)C(=O)NC(Cc1ccccc1)C(=O)NC(CC(N)=O)C(=O)O. The third-order valence-electron chi connectivity index (χ3n) is 5.73. The Morgan fingerprint density at radius 2 is 1.49 bits per heavy atom. The smallest absolute Gasteiger partial charge is 0.326 e. The Morgan fingerprint density at radius 1 is 0.892 bits per heavy atom. The van der Waals surface area contributed by atoms with Gasteiger partial charge in [-0.3, -0.25) is 24.0 Å². The molecule has 0 spiro atoms. The fourth-order valence-electron chi connectivity index (χ4n) is 3.37. The molecule has 13 nitrogen and oxygen atoms in total. The van der Waals surface area contributed by atoms with Gasteiger partial charge < -0.3 is 37.6 Å². The molecule has 5 unspecified atom stereocenters. The molecular weight excluding hydrogens is 486 g/mol. The summed E-state index contributed by atoms with van der Waals surface area (Å²) < 4.78 is 0. The average Bonchev–Trinajstić information content (AvgIpc) is 2.84. The molecule has 13 heteroatoms. The Morgan fingerprint density at radius 3 is 2.00 bits per heavy atom. The minimum absolute atomic E-state index is 0.0133. The number of benzene rings is 1. The van der Waals surface area contributed by atoms with Crippen LogP contribution in [0.15, 0.2) is 30.3 Å². The third-order valence-corrected chi connectivity index (χ3v) is 5.73. The zero-order valence-corrected chi connectivity index (χ0v) is 20.8. The minimum Gasteiger partial charge on any atom is -0.481 e. The van der Waals surface area contributed by atoms with Gasteiger partial charge in [-0.25, -0.2) is 4.79 Å². The number of hydrogen-bond acceptors (Lipinski definition) is 7. The lowest BCUT2D eigenvalue weighted by Gasteiger charge is -2.28. The Labute approximate surface area is 214 Å². The molecule has 0 saturated heterocycles. The standard InChI is InChI=1S/C24H35N5O8/c1-3-13(2)20(29-21(33)15(25)9-10-19(31)32)23(35)27-16(11-14-7-5-4-6-8-14)22(34)28-17(24(36)37)12-18(26)30/h4-8,13,15-17,20H,3,9-12,25H2,1-2H3,(H2,26,30)(H,27,35)(H,28,34)(H,29,33)(H,31,32)(H,36,37). The number of nitrogens with one attached hydrogen (secondary N) is 3. The molecule has 0 bridgehead atoms. The van der Waals surface area contributed by atoms with Crippen molar-refractivity contribution in [1.29, 1.82) is 0 Å². The topological polar surface area (TPSA) is 231 Å². The van der Waals surface area contributed by atoms with Crippen LogP contribution in [0.5, 0.6) is 0 Å². The maximum atomic E-state index is 13.2. The second kappa shape index (κ2) is 15.2. The van der Waals surface area contributed by atoms with E-state index in [1.54, 1.807) is 44.2 Å².